The largest absolute Gasteiger partial charge is 0.502 e. The summed E-state index contributed by atoms with van der Waals surface area (Å²) < 4.78 is 4.79. The van der Waals surface area contributed by atoms with Crippen LogP contribution in [0.2, 0.25) is 0 Å². The van der Waals surface area contributed by atoms with Gasteiger partial charge in [-0.05, 0) is 5.41 Å². The minimum atomic E-state index is -1.20. The van der Waals surface area contributed by atoms with Crippen molar-refractivity contribution in [3.05, 3.63) is 11.3 Å². The van der Waals surface area contributed by atoms with E-state index < -0.39 is 36.0 Å². The van der Waals surface area contributed by atoms with Gasteiger partial charge in [-0.25, -0.2) is 4.79 Å². The smallest absolute Gasteiger partial charge is 0.374 e. The summed E-state index contributed by atoms with van der Waals surface area (Å²) in [6, 6.07) is 0. The van der Waals surface area contributed by atoms with Gasteiger partial charge in [-0.3, -0.25) is 0 Å². The standard InChI is InChI=1S/C10H16O5/c1-10(2,3)6-7(13)9(14)15-8(6)5(12)4-11/h5,8,11-13H,4H2,1-3H3. The zero-order valence-corrected chi connectivity index (χ0v) is 9.02. The van der Waals surface area contributed by atoms with Gasteiger partial charge < -0.3 is 20.1 Å². The molecule has 0 saturated carbocycles. The maximum atomic E-state index is 11.1. The first-order valence-electron chi connectivity index (χ1n) is 4.72. The average Bonchev–Trinajstić information content (AvgIpc) is 2.41. The first-order valence-corrected chi connectivity index (χ1v) is 4.72. The predicted octanol–water partition coefficient (Wildman–Crippen LogP) is 0.123. The molecule has 0 aliphatic carbocycles. The molecule has 5 nitrogen and oxygen atoms in total. The highest BCUT2D eigenvalue weighted by Crippen LogP contribution is 2.37. The second-order valence-electron chi connectivity index (χ2n) is 4.59. The number of aliphatic hydroxyl groups is 3. The van der Waals surface area contributed by atoms with Gasteiger partial charge >= 0.3 is 5.97 Å². The van der Waals surface area contributed by atoms with Crippen LogP contribution < -0.4 is 0 Å². The number of cyclic esters (lactones) is 1. The minimum Gasteiger partial charge on any atom is -0.502 e. The normalized spacial score (nSPS) is 24.3. The van der Waals surface area contributed by atoms with Crippen molar-refractivity contribution in [2.24, 2.45) is 5.41 Å². The van der Waals surface area contributed by atoms with Crippen LogP contribution in [0.1, 0.15) is 20.8 Å². The van der Waals surface area contributed by atoms with E-state index in [4.69, 9.17) is 9.84 Å². The van der Waals surface area contributed by atoms with Gasteiger partial charge in [-0.2, -0.15) is 0 Å². The van der Waals surface area contributed by atoms with Crippen LogP contribution in [0.25, 0.3) is 0 Å². The third-order valence-corrected chi connectivity index (χ3v) is 2.31. The molecule has 0 saturated heterocycles. The van der Waals surface area contributed by atoms with E-state index >= 15 is 0 Å². The number of carbonyl (C=O) groups excluding carboxylic acids is 1. The summed E-state index contributed by atoms with van der Waals surface area (Å²) in [7, 11) is 0. The molecule has 0 radical (unpaired) electrons. The summed E-state index contributed by atoms with van der Waals surface area (Å²) in [6.45, 7) is 4.84. The summed E-state index contributed by atoms with van der Waals surface area (Å²) in [6.07, 6.45) is -2.16. The average molecular weight is 216 g/mol. The van der Waals surface area contributed by atoms with Crippen LogP contribution in [0, 0.1) is 5.41 Å². The Morgan fingerprint density at radius 1 is 1.47 bits per heavy atom. The Bertz CT molecular complexity index is 299. The Hall–Kier alpha value is -1.07. The Morgan fingerprint density at radius 3 is 2.40 bits per heavy atom. The number of esters is 1. The van der Waals surface area contributed by atoms with Crippen LogP contribution in [0.15, 0.2) is 11.3 Å². The van der Waals surface area contributed by atoms with Gasteiger partial charge in [0.1, 0.15) is 6.10 Å². The molecule has 0 amide bonds. The zero-order valence-electron chi connectivity index (χ0n) is 9.02. The maximum Gasteiger partial charge on any atom is 0.374 e. The van der Waals surface area contributed by atoms with Crippen molar-refractivity contribution in [3.63, 3.8) is 0 Å². The van der Waals surface area contributed by atoms with Crippen molar-refractivity contribution in [2.45, 2.75) is 33.0 Å². The second-order valence-corrected chi connectivity index (χ2v) is 4.59. The van der Waals surface area contributed by atoms with Crippen LogP contribution in [-0.4, -0.2) is 40.1 Å². The van der Waals surface area contributed by atoms with Gasteiger partial charge in [0.25, 0.3) is 0 Å². The topological polar surface area (TPSA) is 87.0 Å². The molecule has 1 aliphatic heterocycles. The molecule has 5 heteroatoms. The van der Waals surface area contributed by atoms with E-state index in [1.54, 1.807) is 20.8 Å². The van der Waals surface area contributed by atoms with Gasteiger partial charge in [0.05, 0.1) is 6.61 Å². The van der Waals surface area contributed by atoms with Crippen molar-refractivity contribution >= 4 is 5.97 Å². The minimum absolute atomic E-state index is 0.328. The zero-order chi connectivity index (χ0) is 11.8. The van der Waals surface area contributed by atoms with E-state index in [2.05, 4.69) is 0 Å². The summed E-state index contributed by atoms with van der Waals surface area (Å²) >= 11 is 0. The molecule has 0 fully saturated rings. The number of hydrogen-bond donors (Lipinski definition) is 3. The van der Waals surface area contributed by atoms with Crippen LogP contribution >= 0.6 is 0 Å². The highest BCUT2D eigenvalue weighted by atomic mass is 16.6. The van der Waals surface area contributed by atoms with E-state index in [9.17, 15) is 15.0 Å². The fraction of sp³-hybridized carbons (Fsp3) is 0.700. The molecule has 0 aromatic rings. The molecule has 1 heterocycles. The predicted molar refractivity (Wildman–Crippen MR) is 52.1 cm³/mol. The van der Waals surface area contributed by atoms with Crippen molar-refractivity contribution in [1.29, 1.82) is 0 Å². The Labute approximate surface area is 88.0 Å². The van der Waals surface area contributed by atoms with Crippen molar-refractivity contribution < 1.29 is 24.9 Å². The van der Waals surface area contributed by atoms with E-state index in [0.717, 1.165) is 0 Å². The summed E-state index contributed by atoms with van der Waals surface area (Å²) in [5, 5.41) is 27.8. The third-order valence-electron chi connectivity index (χ3n) is 2.31. The third kappa shape index (κ3) is 2.13. The van der Waals surface area contributed by atoms with Gasteiger partial charge in [-0.1, -0.05) is 20.8 Å². The summed E-state index contributed by atoms with van der Waals surface area (Å²) in [5.41, 5.74) is -0.175. The van der Waals surface area contributed by atoms with Gasteiger partial charge in [0, 0.05) is 5.57 Å². The molecule has 15 heavy (non-hydrogen) atoms. The van der Waals surface area contributed by atoms with Gasteiger partial charge in [-0.15, -0.1) is 0 Å². The fourth-order valence-corrected chi connectivity index (χ4v) is 1.62. The lowest BCUT2D eigenvalue weighted by Crippen LogP contribution is -2.35. The van der Waals surface area contributed by atoms with Crippen LogP contribution in [-0.2, 0) is 9.53 Å². The van der Waals surface area contributed by atoms with Crippen LogP contribution in [0.5, 0.6) is 0 Å². The Kier molecular flexibility index (Phi) is 3.06. The highest BCUT2D eigenvalue weighted by molar-refractivity contribution is 5.90. The van der Waals surface area contributed by atoms with Crippen LogP contribution in [0.3, 0.4) is 0 Å². The van der Waals surface area contributed by atoms with E-state index in [1.165, 1.54) is 0 Å². The van der Waals surface area contributed by atoms with Gasteiger partial charge in [0.2, 0.25) is 5.76 Å². The monoisotopic (exact) mass is 216 g/mol. The molecule has 0 bridgehead atoms. The first-order chi connectivity index (χ1) is 6.79. The number of rotatable bonds is 2. The molecule has 2 atom stereocenters. The summed E-state index contributed by atoms with van der Waals surface area (Å²) in [4.78, 5) is 11.1. The molecule has 86 valence electrons. The lowest BCUT2D eigenvalue weighted by molar-refractivity contribution is -0.147. The van der Waals surface area contributed by atoms with Crippen molar-refractivity contribution in [1.82, 2.24) is 0 Å². The summed E-state index contributed by atoms with van der Waals surface area (Å²) in [5.74, 6) is -1.31. The maximum absolute atomic E-state index is 11.1. The van der Waals surface area contributed by atoms with Crippen LogP contribution in [0.4, 0.5) is 0 Å². The highest BCUT2D eigenvalue weighted by Gasteiger charge is 2.43. The SMILES string of the molecule is CC(C)(C)C1=C(O)C(=O)OC1C(O)CO. The number of carbonyl (C=O) groups is 1. The van der Waals surface area contributed by atoms with Crippen molar-refractivity contribution in [3.8, 4) is 0 Å². The quantitative estimate of drug-likeness (QED) is 0.571. The Balaban J connectivity index is 3.09. The first kappa shape index (κ1) is 12.0. The molecular weight excluding hydrogens is 200 g/mol. The lowest BCUT2D eigenvalue weighted by atomic mass is 9.81. The molecule has 0 aromatic heterocycles. The van der Waals surface area contributed by atoms with E-state index in [0.29, 0.717) is 5.57 Å². The van der Waals surface area contributed by atoms with Gasteiger partial charge in [0.15, 0.2) is 6.10 Å². The molecule has 1 aliphatic rings. The molecule has 0 spiro atoms. The fourth-order valence-electron chi connectivity index (χ4n) is 1.62. The number of hydrogen-bond acceptors (Lipinski definition) is 5. The van der Waals surface area contributed by atoms with E-state index in [-0.39, 0.29) is 0 Å². The number of ether oxygens (including phenoxy) is 1. The van der Waals surface area contributed by atoms with Crippen molar-refractivity contribution in [2.75, 3.05) is 6.61 Å². The lowest BCUT2D eigenvalue weighted by Gasteiger charge is -2.27. The second kappa shape index (κ2) is 3.83. The molecule has 0 aromatic carbocycles. The van der Waals surface area contributed by atoms with E-state index in [1.807, 2.05) is 0 Å². The molecule has 3 N–H and O–H groups in total. The molecule has 1 rings (SSSR count). The molecular formula is C10H16O5. The molecule has 2 unspecified atom stereocenters. The Morgan fingerprint density at radius 2 is 2.00 bits per heavy atom. The number of aliphatic hydroxyl groups excluding tert-OH is 3.